The zero-order valence-corrected chi connectivity index (χ0v) is 14.1. The largest absolute Gasteiger partial charge is 0.361 e. The molecule has 0 unspecified atom stereocenters. The van der Waals surface area contributed by atoms with Gasteiger partial charge in [-0.1, -0.05) is 17.3 Å². The number of aromatic nitrogens is 3. The minimum Gasteiger partial charge on any atom is -0.361 e. The van der Waals surface area contributed by atoms with E-state index >= 15 is 0 Å². The molecule has 0 aliphatic rings. The molecule has 1 amide bonds. The van der Waals surface area contributed by atoms with Crippen molar-refractivity contribution in [2.45, 2.75) is 39.5 Å². The summed E-state index contributed by atoms with van der Waals surface area (Å²) < 4.78 is 5.11. The van der Waals surface area contributed by atoms with Crippen molar-refractivity contribution >= 4 is 16.9 Å². The first kappa shape index (κ1) is 16.2. The number of hydrogen-bond donors (Lipinski definition) is 2. The van der Waals surface area contributed by atoms with Gasteiger partial charge in [0.15, 0.2) is 0 Å². The van der Waals surface area contributed by atoms with Crippen LogP contribution in [0.4, 0.5) is 0 Å². The number of imidazole rings is 1. The summed E-state index contributed by atoms with van der Waals surface area (Å²) in [5, 5.41) is 6.86. The van der Waals surface area contributed by atoms with Crippen LogP contribution >= 0.6 is 0 Å². The van der Waals surface area contributed by atoms with Gasteiger partial charge in [-0.05, 0) is 38.8 Å². The molecule has 0 saturated carbocycles. The van der Waals surface area contributed by atoms with Crippen LogP contribution in [0.1, 0.15) is 35.7 Å². The highest BCUT2D eigenvalue weighted by Crippen LogP contribution is 2.14. The van der Waals surface area contributed by atoms with Crippen molar-refractivity contribution in [1.82, 2.24) is 20.4 Å². The minimum absolute atomic E-state index is 0.0552. The predicted octanol–water partition coefficient (Wildman–Crippen LogP) is 2.85. The molecule has 2 aromatic heterocycles. The van der Waals surface area contributed by atoms with E-state index < -0.39 is 0 Å². The van der Waals surface area contributed by atoms with Crippen molar-refractivity contribution in [3.05, 3.63) is 47.1 Å². The minimum atomic E-state index is 0.0552. The summed E-state index contributed by atoms with van der Waals surface area (Å²) in [4.78, 5) is 19.8. The van der Waals surface area contributed by atoms with E-state index in [0.29, 0.717) is 19.4 Å². The van der Waals surface area contributed by atoms with Gasteiger partial charge in [-0.25, -0.2) is 4.98 Å². The van der Waals surface area contributed by atoms with Crippen LogP contribution in [0.2, 0.25) is 0 Å². The molecule has 0 radical (unpaired) electrons. The molecule has 6 heteroatoms. The molecule has 1 aromatic carbocycles. The van der Waals surface area contributed by atoms with E-state index in [1.165, 1.54) is 0 Å². The molecule has 3 aromatic rings. The van der Waals surface area contributed by atoms with Crippen LogP contribution in [0.5, 0.6) is 0 Å². The molecule has 0 bridgehead atoms. The van der Waals surface area contributed by atoms with Gasteiger partial charge >= 0.3 is 0 Å². The Labute approximate surface area is 140 Å². The first-order chi connectivity index (χ1) is 11.6. The van der Waals surface area contributed by atoms with Crippen LogP contribution < -0.4 is 5.32 Å². The van der Waals surface area contributed by atoms with Gasteiger partial charge in [-0.3, -0.25) is 4.79 Å². The smallest absolute Gasteiger partial charge is 0.220 e. The molecular formula is C18H22N4O2. The molecule has 6 nitrogen and oxygen atoms in total. The summed E-state index contributed by atoms with van der Waals surface area (Å²) in [5.41, 5.74) is 3.93. The average molecular weight is 326 g/mol. The van der Waals surface area contributed by atoms with Gasteiger partial charge in [0, 0.05) is 24.9 Å². The first-order valence-corrected chi connectivity index (χ1v) is 8.25. The summed E-state index contributed by atoms with van der Waals surface area (Å²) in [6.07, 6.45) is 2.79. The van der Waals surface area contributed by atoms with Crippen LogP contribution in [0.25, 0.3) is 11.0 Å². The lowest BCUT2D eigenvalue weighted by Crippen LogP contribution is -2.25. The topological polar surface area (TPSA) is 83.8 Å². The van der Waals surface area contributed by atoms with Gasteiger partial charge in [0.1, 0.15) is 11.6 Å². The van der Waals surface area contributed by atoms with Crippen LogP contribution in [0, 0.1) is 13.8 Å². The lowest BCUT2D eigenvalue weighted by molar-refractivity contribution is -0.121. The lowest BCUT2D eigenvalue weighted by Gasteiger charge is -2.04. The first-order valence-electron chi connectivity index (χ1n) is 8.25. The highest BCUT2D eigenvalue weighted by atomic mass is 16.5. The number of hydrogen-bond acceptors (Lipinski definition) is 4. The number of amides is 1. The Morgan fingerprint density at radius 3 is 2.83 bits per heavy atom. The van der Waals surface area contributed by atoms with Gasteiger partial charge in [-0.15, -0.1) is 0 Å². The lowest BCUT2D eigenvalue weighted by atomic mass is 10.1. The maximum Gasteiger partial charge on any atom is 0.220 e. The van der Waals surface area contributed by atoms with Gasteiger partial charge < -0.3 is 14.8 Å². The molecule has 2 N–H and O–H groups in total. The Morgan fingerprint density at radius 1 is 1.25 bits per heavy atom. The highest BCUT2D eigenvalue weighted by Gasteiger charge is 2.11. The van der Waals surface area contributed by atoms with Crippen molar-refractivity contribution in [2.24, 2.45) is 0 Å². The van der Waals surface area contributed by atoms with Gasteiger partial charge in [0.05, 0.1) is 16.7 Å². The van der Waals surface area contributed by atoms with Crippen molar-refractivity contribution in [3.63, 3.8) is 0 Å². The average Bonchev–Trinajstić information content (AvgIpc) is 3.13. The van der Waals surface area contributed by atoms with E-state index in [0.717, 1.165) is 46.7 Å². The summed E-state index contributed by atoms with van der Waals surface area (Å²) >= 11 is 0. The number of para-hydroxylation sites is 2. The fourth-order valence-electron chi connectivity index (χ4n) is 2.79. The van der Waals surface area contributed by atoms with Crippen molar-refractivity contribution in [1.29, 1.82) is 0 Å². The summed E-state index contributed by atoms with van der Waals surface area (Å²) in [6, 6.07) is 7.98. The number of carbonyl (C=O) groups is 1. The Morgan fingerprint density at radius 2 is 2.08 bits per heavy atom. The highest BCUT2D eigenvalue weighted by molar-refractivity contribution is 5.76. The number of carbonyl (C=O) groups excluding carboxylic acids is 1. The zero-order chi connectivity index (χ0) is 16.9. The molecule has 126 valence electrons. The zero-order valence-electron chi connectivity index (χ0n) is 14.1. The Kier molecular flexibility index (Phi) is 4.93. The van der Waals surface area contributed by atoms with E-state index in [2.05, 4.69) is 20.4 Å². The second-order valence-electron chi connectivity index (χ2n) is 5.96. The van der Waals surface area contributed by atoms with E-state index in [1.54, 1.807) is 0 Å². The number of benzene rings is 1. The van der Waals surface area contributed by atoms with Crippen LogP contribution in [-0.2, 0) is 17.6 Å². The molecule has 0 fully saturated rings. The molecule has 3 rings (SSSR count). The predicted molar refractivity (Wildman–Crippen MR) is 91.7 cm³/mol. The van der Waals surface area contributed by atoms with Gasteiger partial charge in [0.25, 0.3) is 0 Å². The van der Waals surface area contributed by atoms with Crippen molar-refractivity contribution < 1.29 is 9.32 Å². The maximum absolute atomic E-state index is 11.9. The molecule has 0 aliphatic carbocycles. The molecular weight excluding hydrogens is 304 g/mol. The van der Waals surface area contributed by atoms with Crippen LogP contribution in [0.15, 0.2) is 28.8 Å². The Balaban J connectivity index is 1.39. The van der Waals surface area contributed by atoms with Crippen LogP contribution in [0.3, 0.4) is 0 Å². The monoisotopic (exact) mass is 326 g/mol. The van der Waals surface area contributed by atoms with E-state index in [1.807, 2.05) is 38.1 Å². The number of aryl methyl sites for hydroxylation is 3. The standard InChI is InChI=1S/C18H22N4O2/c1-12-14(13(2)24-22-12)9-10-18(23)19-11-5-8-17-20-15-6-3-4-7-16(15)21-17/h3-4,6-7H,5,8-11H2,1-2H3,(H,19,23)(H,20,21). The van der Waals surface area contributed by atoms with E-state index in [4.69, 9.17) is 4.52 Å². The van der Waals surface area contributed by atoms with E-state index in [-0.39, 0.29) is 5.91 Å². The second-order valence-corrected chi connectivity index (χ2v) is 5.96. The Hall–Kier alpha value is -2.63. The summed E-state index contributed by atoms with van der Waals surface area (Å²) in [7, 11) is 0. The number of H-pyrrole nitrogens is 1. The number of nitrogens with one attached hydrogen (secondary N) is 2. The quantitative estimate of drug-likeness (QED) is 0.654. The van der Waals surface area contributed by atoms with Crippen molar-refractivity contribution in [2.75, 3.05) is 6.54 Å². The fraction of sp³-hybridized carbons (Fsp3) is 0.389. The fourth-order valence-corrected chi connectivity index (χ4v) is 2.79. The summed E-state index contributed by atoms with van der Waals surface area (Å²) in [6.45, 7) is 4.43. The SMILES string of the molecule is Cc1noc(C)c1CCC(=O)NCCCc1nc2ccccc2[nH]1. The molecule has 0 aliphatic heterocycles. The number of rotatable bonds is 7. The molecule has 0 saturated heterocycles. The van der Waals surface area contributed by atoms with E-state index in [9.17, 15) is 4.79 Å². The van der Waals surface area contributed by atoms with Crippen LogP contribution in [-0.4, -0.2) is 27.6 Å². The maximum atomic E-state index is 11.9. The molecule has 0 atom stereocenters. The van der Waals surface area contributed by atoms with Gasteiger partial charge in [0.2, 0.25) is 5.91 Å². The second kappa shape index (κ2) is 7.29. The summed E-state index contributed by atoms with van der Waals surface area (Å²) in [5.74, 6) is 1.81. The third kappa shape index (κ3) is 3.82. The number of nitrogens with zero attached hydrogens (tertiary/aromatic N) is 2. The molecule has 24 heavy (non-hydrogen) atoms. The third-order valence-corrected chi connectivity index (χ3v) is 4.13. The number of aromatic amines is 1. The van der Waals surface area contributed by atoms with Crippen molar-refractivity contribution in [3.8, 4) is 0 Å². The molecule has 0 spiro atoms. The molecule has 2 heterocycles. The number of fused-ring (bicyclic) bond motifs is 1. The Bertz CT molecular complexity index is 782. The third-order valence-electron chi connectivity index (χ3n) is 4.13. The normalized spacial score (nSPS) is 11.1. The van der Waals surface area contributed by atoms with Gasteiger partial charge in [-0.2, -0.15) is 0 Å².